The summed E-state index contributed by atoms with van der Waals surface area (Å²) in [6.07, 6.45) is 3.81. The van der Waals surface area contributed by atoms with Gasteiger partial charge in [-0.15, -0.1) is 0 Å². The second-order valence-electron chi connectivity index (χ2n) is 9.00. The maximum absolute atomic E-state index is 13.0. The van der Waals surface area contributed by atoms with Crippen LogP contribution < -0.4 is 5.32 Å². The van der Waals surface area contributed by atoms with Crippen LogP contribution in [-0.4, -0.2) is 33.9 Å². The molecule has 0 radical (unpaired) electrons. The molecule has 176 valence electrons. The highest BCUT2D eigenvalue weighted by molar-refractivity contribution is 5.79. The Labute approximate surface area is 197 Å². The number of alkyl carbamates (subject to hydrolysis) is 1. The maximum atomic E-state index is 13.0. The molecule has 2 aromatic carbocycles. The number of carboxylic acid groups (broad SMARTS) is 1. The molecule has 0 atom stereocenters. The molecule has 1 aromatic heterocycles. The minimum atomic E-state index is -0.927. The van der Waals surface area contributed by atoms with Crippen LogP contribution in [0.15, 0.2) is 53.1 Å². The number of aryl methyl sites for hydroxylation is 1. The first kappa shape index (κ1) is 22.1. The van der Waals surface area contributed by atoms with Crippen LogP contribution in [0.1, 0.15) is 67.3 Å². The van der Waals surface area contributed by atoms with Gasteiger partial charge in [-0.2, -0.15) is 4.98 Å². The molecule has 1 amide bonds. The number of carboxylic acids is 1. The lowest BCUT2D eigenvalue weighted by atomic mass is 9.81. The van der Waals surface area contributed by atoms with Crippen molar-refractivity contribution >= 4 is 12.1 Å². The molecule has 1 fully saturated rings. The highest BCUT2D eigenvalue weighted by Crippen LogP contribution is 2.44. The fourth-order valence-corrected chi connectivity index (χ4v) is 5.15. The second kappa shape index (κ2) is 9.29. The van der Waals surface area contributed by atoms with Gasteiger partial charge < -0.3 is 19.7 Å². The van der Waals surface area contributed by atoms with E-state index in [4.69, 9.17) is 14.4 Å². The maximum Gasteiger partial charge on any atom is 0.407 e. The Balaban J connectivity index is 1.30. The molecule has 0 spiro atoms. The van der Waals surface area contributed by atoms with Crippen LogP contribution in [0, 0.1) is 0 Å². The summed E-state index contributed by atoms with van der Waals surface area (Å²) in [5.74, 6) is -0.296. The van der Waals surface area contributed by atoms with E-state index in [9.17, 15) is 9.59 Å². The highest BCUT2D eigenvalue weighted by atomic mass is 16.5. The summed E-state index contributed by atoms with van der Waals surface area (Å²) in [7, 11) is 0. The highest BCUT2D eigenvalue weighted by Gasteiger charge is 2.41. The molecule has 0 aliphatic heterocycles. The van der Waals surface area contributed by atoms with Crippen molar-refractivity contribution in [2.45, 2.75) is 56.4 Å². The first-order valence-electron chi connectivity index (χ1n) is 11.7. The van der Waals surface area contributed by atoms with Gasteiger partial charge in [0.1, 0.15) is 12.1 Å². The Morgan fingerprint density at radius 3 is 2.32 bits per heavy atom. The van der Waals surface area contributed by atoms with E-state index in [0.717, 1.165) is 30.4 Å². The van der Waals surface area contributed by atoms with Crippen LogP contribution in [0.4, 0.5) is 4.79 Å². The van der Waals surface area contributed by atoms with Crippen molar-refractivity contribution in [2.24, 2.45) is 0 Å². The Morgan fingerprint density at radius 2 is 1.68 bits per heavy atom. The number of carbonyl (C=O) groups excluding carboxylic acids is 1. The normalized spacial score (nSPS) is 16.5. The average Bonchev–Trinajstić information content (AvgIpc) is 3.46. The van der Waals surface area contributed by atoms with Crippen molar-refractivity contribution in [2.75, 3.05) is 6.61 Å². The molecule has 8 nitrogen and oxygen atoms in total. The SMILES string of the molecule is O=C(O)CCc1nc(C2(NC(=O)OCC3c4ccccc4-c4ccccc43)CCCCC2)no1. The van der Waals surface area contributed by atoms with Gasteiger partial charge in [0.05, 0.1) is 6.42 Å². The van der Waals surface area contributed by atoms with Crippen LogP contribution in [0.2, 0.25) is 0 Å². The predicted octanol–water partition coefficient (Wildman–Crippen LogP) is 4.78. The lowest BCUT2D eigenvalue weighted by Crippen LogP contribution is -2.48. The van der Waals surface area contributed by atoms with E-state index in [-0.39, 0.29) is 31.3 Å². The largest absolute Gasteiger partial charge is 0.481 e. The molecular formula is C26H27N3O5. The summed E-state index contributed by atoms with van der Waals surface area (Å²) in [5.41, 5.74) is 3.90. The Kier molecular flexibility index (Phi) is 6.04. The van der Waals surface area contributed by atoms with Gasteiger partial charge in [0.15, 0.2) is 5.82 Å². The number of benzene rings is 2. The van der Waals surface area contributed by atoms with Crippen LogP contribution in [0.25, 0.3) is 11.1 Å². The summed E-state index contributed by atoms with van der Waals surface area (Å²) >= 11 is 0. The molecule has 2 aliphatic carbocycles. The van der Waals surface area contributed by atoms with Gasteiger partial charge in [0.2, 0.25) is 5.89 Å². The monoisotopic (exact) mass is 461 g/mol. The molecule has 0 saturated heterocycles. The molecule has 2 N–H and O–H groups in total. The molecule has 5 rings (SSSR count). The summed E-state index contributed by atoms with van der Waals surface area (Å²) in [5, 5.41) is 16.0. The zero-order valence-electron chi connectivity index (χ0n) is 18.8. The number of rotatable bonds is 7. The summed E-state index contributed by atoms with van der Waals surface area (Å²) in [6, 6.07) is 16.4. The first-order valence-corrected chi connectivity index (χ1v) is 11.7. The molecule has 2 aliphatic rings. The standard InChI is InChI=1S/C26H27N3O5/c30-23(31)13-12-22-27-24(29-34-22)26(14-6-1-7-15-26)28-25(32)33-16-21-19-10-4-2-8-17(19)18-9-3-5-11-20(18)21/h2-5,8-11,21H,1,6-7,12-16H2,(H,28,32)(H,30,31). The molecule has 1 saturated carbocycles. The van der Waals surface area contributed by atoms with E-state index in [1.54, 1.807) is 0 Å². The predicted molar refractivity (Wildman–Crippen MR) is 123 cm³/mol. The van der Waals surface area contributed by atoms with Crippen molar-refractivity contribution in [1.29, 1.82) is 0 Å². The fourth-order valence-electron chi connectivity index (χ4n) is 5.15. The molecule has 0 unspecified atom stereocenters. The summed E-state index contributed by atoms with van der Waals surface area (Å²) < 4.78 is 11.0. The van der Waals surface area contributed by atoms with Crippen molar-refractivity contribution < 1.29 is 24.0 Å². The van der Waals surface area contributed by atoms with Gasteiger partial charge in [0, 0.05) is 12.3 Å². The minimum absolute atomic E-state index is 0.0201. The van der Waals surface area contributed by atoms with Gasteiger partial charge in [-0.25, -0.2) is 4.79 Å². The van der Waals surface area contributed by atoms with Crippen molar-refractivity contribution in [1.82, 2.24) is 15.5 Å². The molecule has 0 bridgehead atoms. The number of amides is 1. The van der Waals surface area contributed by atoms with Crippen LogP contribution in [0.3, 0.4) is 0 Å². The fraction of sp³-hybridized carbons (Fsp3) is 0.385. The zero-order valence-corrected chi connectivity index (χ0v) is 18.8. The number of nitrogens with one attached hydrogen (secondary N) is 1. The van der Waals surface area contributed by atoms with Gasteiger partial charge in [-0.3, -0.25) is 4.79 Å². The van der Waals surface area contributed by atoms with Crippen LogP contribution in [-0.2, 0) is 21.5 Å². The number of aliphatic carboxylic acids is 1. The first-order chi connectivity index (χ1) is 16.6. The third-order valence-corrected chi connectivity index (χ3v) is 6.84. The van der Waals surface area contributed by atoms with E-state index >= 15 is 0 Å². The van der Waals surface area contributed by atoms with Gasteiger partial charge in [-0.1, -0.05) is 73.0 Å². The number of hydrogen-bond acceptors (Lipinski definition) is 6. The van der Waals surface area contributed by atoms with Gasteiger partial charge >= 0.3 is 12.1 Å². The van der Waals surface area contributed by atoms with E-state index in [1.807, 2.05) is 24.3 Å². The number of aromatic nitrogens is 2. The van der Waals surface area contributed by atoms with Gasteiger partial charge in [-0.05, 0) is 35.1 Å². The third kappa shape index (κ3) is 4.27. The lowest BCUT2D eigenvalue weighted by Gasteiger charge is -2.34. The number of hydrogen-bond donors (Lipinski definition) is 2. The van der Waals surface area contributed by atoms with Crippen LogP contribution >= 0.6 is 0 Å². The topological polar surface area (TPSA) is 115 Å². The van der Waals surface area contributed by atoms with Crippen LogP contribution in [0.5, 0.6) is 0 Å². The van der Waals surface area contributed by atoms with Crippen molar-refractivity contribution in [3.05, 3.63) is 71.4 Å². The number of carbonyl (C=O) groups is 2. The summed E-state index contributed by atoms with van der Waals surface area (Å²) in [4.78, 5) is 28.3. The zero-order chi connectivity index (χ0) is 23.5. The number of fused-ring (bicyclic) bond motifs is 3. The lowest BCUT2D eigenvalue weighted by molar-refractivity contribution is -0.137. The van der Waals surface area contributed by atoms with Gasteiger partial charge in [0.25, 0.3) is 0 Å². The average molecular weight is 462 g/mol. The second-order valence-corrected chi connectivity index (χ2v) is 9.00. The van der Waals surface area contributed by atoms with Crippen molar-refractivity contribution in [3.8, 4) is 11.1 Å². The smallest absolute Gasteiger partial charge is 0.407 e. The van der Waals surface area contributed by atoms with E-state index < -0.39 is 17.6 Å². The van der Waals surface area contributed by atoms with Crippen molar-refractivity contribution in [3.63, 3.8) is 0 Å². The van der Waals surface area contributed by atoms with E-state index in [1.165, 1.54) is 11.1 Å². The quantitative estimate of drug-likeness (QED) is 0.520. The Hall–Kier alpha value is -3.68. The van der Waals surface area contributed by atoms with E-state index in [2.05, 4.69) is 39.7 Å². The summed E-state index contributed by atoms with van der Waals surface area (Å²) in [6.45, 7) is 0.228. The molecule has 1 heterocycles. The third-order valence-electron chi connectivity index (χ3n) is 6.84. The Morgan fingerprint density at radius 1 is 1.03 bits per heavy atom. The molecule has 3 aromatic rings. The molecular weight excluding hydrogens is 434 g/mol. The number of nitrogens with zero attached hydrogens (tertiary/aromatic N) is 2. The number of ether oxygens (including phenoxy) is 1. The Bertz CT molecular complexity index is 1150. The molecule has 34 heavy (non-hydrogen) atoms. The minimum Gasteiger partial charge on any atom is -0.481 e. The molecule has 8 heteroatoms. The van der Waals surface area contributed by atoms with E-state index in [0.29, 0.717) is 18.7 Å².